The van der Waals surface area contributed by atoms with Crippen LogP contribution in [0.4, 0.5) is 11.4 Å². The molecule has 0 amide bonds. The summed E-state index contributed by atoms with van der Waals surface area (Å²) in [5.41, 5.74) is 1.67. The van der Waals surface area contributed by atoms with Gasteiger partial charge in [0.05, 0.1) is 17.2 Å². The smallest absolute Gasteiger partial charge is 0.293 e. The number of pyridine rings is 1. The number of aromatic nitrogens is 3. The number of nitro benzene ring substituents is 1. The molecule has 8 nitrogen and oxygen atoms in total. The standard InChI is InChI=1S/C17H17N5O3/c1-2-5-16-20-17(25-21-16)12-7-8-14(15(10-12)22(23)24)19-11-13-6-3-4-9-18-13/h3-4,6-10,19H,2,5,11H2,1H3. The summed E-state index contributed by atoms with van der Waals surface area (Å²) >= 11 is 0. The number of nitrogens with zero attached hydrogens (tertiary/aromatic N) is 4. The van der Waals surface area contributed by atoms with Crippen LogP contribution >= 0.6 is 0 Å². The molecule has 0 radical (unpaired) electrons. The van der Waals surface area contributed by atoms with Gasteiger partial charge in [0.25, 0.3) is 11.6 Å². The third-order valence-corrected chi connectivity index (χ3v) is 3.57. The maximum Gasteiger partial charge on any atom is 0.293 e. The van der Waals surface area contributed by atoms with Gasteiger partial charge in [-0.2, -0.15) is 4.98 Å². The summed E-state index contributed by atoms with van der Waals surface area (Å²) in [6.07, 6.45) is 3.28. The Labute approximate surface area is 144 Å². The molecule has 0 aliphatic carbocycles. The van der Waals surface area contributed by atoms with Crippen LogP contribution < -0.4 is 5.32 Å². The lowest BCUT2D eigenvalue weighted by molar-refractivity contribution is -0.383. The lowest BCUT2D eigenvalue weighted by Crippen LogP contribution is -2.04. The number of hydrogen-bond donors (Lipinski definition) is 1. The van der Waals surface area contributed by atoms with E-state index in [1.807, 2.05) is 25.1 Å². The van der Waals surface area contributed by atoms with Gasteiger partial charge < -0.3 is 9.84 Å². The molecule has 128 valence electrons. The summed E-state index contributed by atoms with van der Waals surface area (Å²) in [5.74, 6) is 0.875. The number of nitro groups is 1. The second kappa shape index (κ2) is 7.52. The van der Waals surface area contributed by atoms with Crippen LogP contribution in [0.5, 0.6) is 0 Å². The van der Waals surface area contributed by atoms with Gasteiger partial charge in [-0.3, -0.25) is 15.1 Å². The summed E-state index contributed by atoms with van der Waals surface area (Å²) in [4.78, 5) is 19.4. The van der Waals surface area contributed by atoms with Crippen LogP contribution in [0.25, 0.3) is 11.5 Å². The largest absolute Gasteiger partial charge is 0.374 e. The third-order valence-electron chi connectivity index (χ3n) is 3.57. The molecular formula is C17H17N5O3. The fourth-order valence-corrected chi connectivity index (χ4v) is 2.35. The SMILES string of the molecule is CCCc1noc(-c2ccc(NCc3ccccn3)c([N+](=O)[O-])c2)n1. The van der Waals surface area contributed by atoms with Crippen LogP contribution in [-0.4, -0.2) is 20.0 Å². The fourth-order valence-electron chi connectivity index (χ4n) is 2.35. The van der Waals surface area contributed by atoms with Crippen LogP contribution in [0, 0.1) is 10.1 Å². The average molecular weight is 339 g/mol. The third kappa shape index (κ3) is 3.97. The summed E-state index contributed by atoms with van der Waals surface area (Å²) in [6.45, 7) is 2.41. The maximum absolute atomic E-state index is 11.4. The van der Waals surface area contributed by atoms with Gasteiger partial charge in [-0.05, 0) is 30.7 Å². The second-order valence-electron chi connectivity index (χ2n) is 5.43. The molecule has 8 heteroatoms. The Bertz CT molecular complexity index is 864. The van der Waals surface area contributed by atoms with E-state index in [1.54, 1.807) is 18.3 Å². The Kier molecular flexibility index (Phi) is 4.98. The summed E-state index contributed by atoms with van der Waals surface area (Å²) in [7, 11) is 0. The highest BCUT2D eigenvalue weighted by Gasteiger charge is 2.18. The van der Waals surface area contributed by atoms with Crippen LogP contribution in [0.15, 0.2) is 47.1 Å². The predicted octanol–water partition coefficient (Wildman–Crippen LogP) is 3.60. The minimum atomic E-state index is -0.437. The number of rotatable bonds is 7. The van der Waals surface area contributed by atoms with Crippen molar-refractivity contribution in [3.63, 3.8) is 0 Å². The van der Waals surface area contributed by atoms with Crippen LogP contribution in [-0.2, 0) is 13.0 Å². The van der Waals surface area contributed by atoms with Gasteiger partial charge in [0, 0.05) is 24.2 Å². The Morgan fingerprint density at radius 1 is 1.28 bits per heavy atom. The molecule has 25 heavy (non-hydrogen) atoms. The Balaban J connectivity index is 1.83. The lowest BCUT2D eigenvalue weighted by Gasteiger charge is -2.07. The lowest BCUT2D eigenvalue weighted by atomic mass is 10.1. The molecule has 0 bridgehead atoms. The molecule has 3 aromatic rings. The van der Waals surface area contributed by atoms with E-state index in [-0.39, 0.29) is 11.6 Å². The predicted molar refractivity (Wildman–Crippen MR) is 91.9 cm³/mol. The molecule has 0 unspecified atom stereocenters. The first-order valence-corrected chi connectivity index (χ1v) is 7.92. The molecular weight excluding hydrogens is 322 g/mol. The van der Waals surface area contributed by atoms with E-state index in [9.17, 15) is 10.1 Å². The summed E-state index contributed by atoms with van der Waals surface area (Å²) in [5, 5.41) is 18.3. The average Bonchev–Trinajstić information content (AvgIpc) is 3.09. The molecule has 1 aromatic carbocycles. The van der Waals surface area contributed by atoms with Crippen LogP contribution in [0.1, 0.15) is 24.9 Å². The van der Waals surface area contributed by atoms with Crippen LogP contribution in [0.2, 0.25) is 0 Å². The zero-order chi connectivity index (χ0) is 17.6. The van der Waals surface area contributed by atoms with Gasteiger partial charge in [-0.1, -0.05) is 18.1 Å². The van der Waals surface area contributed by atoms with Gasteiger partial charge in [0.2, 0.25) is 0 Å². The van der Waals surface area contributed by atoms with Gasteiger partial charge in [-0.25, -0.2) is 0 Å². The van der Waals surface area contributed by atoms with Gasteiger partial charge in [0.15, 0.2) is 5.82 Å². The van der Waals surface area contributed by atoms with Crippen molar-refractivity contribution in [2.75, 3.05) is 5.32 Å². The van der Waals surface area contributed by atoms with Gasteiger partial charge in [0.1, 0.15) is 5.69 Å². The first-order valence-electron chi connectivity index (χ1n) is 7.92. The first-order chi connectivity index (χ1) is 12.2. The van der Waals surface area contributed by atoms with Crippen molar-refractivity contribution < 1.29 is 9.45 Å². The first kappa shape index (κ1) is 16.6. The van der Waals surface area contributed by atoms with Crippen molar-refractivity contribution in [1.29, 1.82) is 0 Å². The number of nitrogens with one attached hydrogen (secondary N) is 1. The van der Waals surface area contributed by atoms with E-state index in [2.05, 4.69) is 20.4 Å². The molecule has 0 aliphatic heterocycles. The number of benzene rings is 1. The summed E-state index contributed by atoms with van der Waals surface area (Å²) < 4.78 is 5.19. The van der Waals surface area contributed by atoms with E-state index < -0.39 is 4.92 Å². The van der Waals surface area contributed by atoms with Crippen molar-refractivity contribution in [3.8, 4) is 11.5 Å². The molecule has 0 aliphatic rings. The van der Waals surface area contributed by atoms with E-state index >= 15 is 0 Å². The molecule has 0 saturated heterocycles. The van der Waals surface area contributed by atoms with E-state index in [0.717, 1.165) is 12.1 Å². The molecule has 0 saturated carbocycles. The fraction of sp³-hybridized carbons (Fsp3) is 0.235. The zero-order valence-electron chi connectivity index (χ0n) is 13.7. The number of aryl methyl sites for hydroxylation is 1. The Hall–Kier alpha value is -3.29. The quantitative estimate of drug-likeness (QED) is 0.517. The molecule has 2 aromatic heterocycles. The van der Waals surface area contributed by atoms with E-state index in [1.165, 1.54) is 6.07 Å². The Morgan fingerprint density at radius 2 is 2.16 bits per heavy atom. The number of anilines is 1. The number of hydrogen-bond acceptors (Lipinski definition) is 7. The molecule has 0 atom stereocenters. The Morgan fingerprint density at radius 3 is 2.88 bits per heavy atom. The van der Waals surface area contributed by atoms with Gasteiger partial charge in [-0.15, -0.1) is 0 Å². The van der Waals surface area contributed by atoms with E-state index in [4.69, 9.17) is 4.52 Å². The minimum absolute atomic E-state index is 0.0522. The summed E-state index contributed by atoms with van der Waals surface area (Å²) in [6, 6.07) is 10.3. The van der Waals surface area contributed by atoms with Crippen molar-refractivity contribution in [1.82, 2.24) is 15.1 Å². The monoisotopic (exact) mass is 339 g/mol. The minimum Gasteiger partial charge on any atom is -0.374 e. The van der Waals surface area contributed by atoms with Crippen molar-refractivity contribution in [3.05, 3.63) is 64.2 Å². The molecule has 3 rings (SSSR count). The van der Waals surface area contributed by atoms with Crippen molar-refractivity contribution in [2.24, 2.45) is 0 Å². The van der Waals surface area contributed by atoms with Gasteiger partial charge >= 0.3 is 0 Å². The molecule has 2 heterocycles. The van der Waals surface area contributed by atoms with E-state index in [0.29, 0.717) is 30.0 Å². The van der Waals surface area contributed by atoms with Crippen molar-refractivity contribution in [2.45, 2.75) is 26.3 Å². The highest BCUT2D eigenvalue weighted by Crippen LogP contribution is 2.30. The zero-order valence-corrected chi connectivity index (χ0v) is 13.7. The second-order valence-corrected chi connectivity index (χ2v) is 5.43. The maximum atomic E-state index is 11.4. The topological polar surface area (TPSA) is 107 Å². The highest BCUT2D eigenvalue weighted by atomic mass is 16.6. The molecule has 0 fully saturated rings. The normalized spacial score (nSPS) is 10.6. The molecule has 0 spiro atoms. The molecule has 1 N–H and O–H groups in total. The van der Waals surface area contributed by atoms with Crippen molar-refractivity contribution >= 4 is 11.4 Å². The highest BCUT2D eigenvalue weighted by molar-refractivity contribution is 5.69. The van der Waals surface area contributed by atoms with Crippen LogP contribution in [0.3, 0.4) is 0 Å².